The number of aliphatic carboxylic acids is 1. The Labute approximate surface area is 114 Å². The lowest BCUT2D eigenvalue weighted by molar-refractivity contribution is -0.133. The Morgan fingerprint density at radius 2 is 2.50 bits per heavy atom. The predicted octanol–water partition coefficient (Wildman–Crippen LogP) is 1.08. The van der Waals surface area contributed by atoms with Gasteiger partial charge >= 0.3 is 5.97 Å². The second-order valence-electron chi connectivity index (χ2n) is 4.35. The molecule has 8 heteroatoms. The lowest BCUT2D eigenvalue weighted by Crippen LogP contribution is -2.19. The van der Waals surface area contributed by atoms with E-state index in [4.69, 9.17) is 5.11 Å². The predicted molar refractivity (Wildman–Crippen MR) is 72.4 cm³/mol. The molecule has 1 saturated heterocycles. The molecule has 0 aliphatic carbocycles. The molecule has 1 aliphatic heterocycles. The van der Waals surface area contributed by atoms with Crippen LogP contribution in [0.5, 0.6) is 0 Å². The lowest BCUT2D eigenvalue weighted by atomic mass is 10.1. The molecule has 1 atom stereocenters. The van der Waals surface area contributed by atoms with Crippen molar-refractivity contribution < 1.29 is 9.90 Å². The highest BCUT2D eigenvalue weighted by molar-refractivity contribution is 8.01. The highest BCUT2D eigenvalue weighted by Crippen LogP contribution is 2.25. The molecule has 6 nitrogen and oxygen atoms in total. The third-order valence-electron chi connectivity index (χ3n) is 2.76. The van der Waals surface area contributed by atoms with E-state index < -0.39 is 5.97 Å². The molecule has 1 unspecified atom stereocenters. The van der Waals surface area contributed by atoms with Crippen LogP contribution >= 0.6 is 23.1 Å². The molecule has 0 saturated carbocycles. The van der Waals surface area contributed by atoms with Crippen LogP contribution in [0, 0.1) is 5.92 Å². The molecule has 1 aromatic heterocycles. The molecule has 0 spiro atoms. The van der Waals surface area contributed by atoms with E-state index in [9.17, 15) is 4.79 Å². The van der Waals surface area contributed by atoms with Crippen molar-refractivity contribution in [3.8, 4) is 0 Å². The number of carboxylic acid groups (broad SMARTS) is 1. The summed E-state index contributed by atoms with van der Waals surface area (Å²) in [6.45, 7) is 3.18. The number of rotatable bonds is 6. The number of nitrogens with zero attached hydrogens (tertiary/aromatic N) is 3. The van der Waals surface area contributed by atoms with Crippen molar-refractivity contribution in [2.24, 2.45) is 5.92 Å². The molecule has 1 aromatic rings. The summed E-state index contributed by atoms with van der Waals surface area (Å²) in [5.41, 5.74) is 0. The van der Waals surface area contributed by atoms with E-state index in [1.807, 2.05) is 0 Å². The van der Waals surface area contributed by atoms with Crippen LogP contribution in [0.2, 0.25) is 0 Å². The van der Waals surface area contributed by atoms with Crippen LogP contribution in [0.3, 0.4) is 0 Å². The van der Waals surface area contributed by atoms with Crippen LogP contribution in [0.15, 0.2) is 4.34 Å². The normalized spacial score (nSPS) is 20.2. The maximum Gasteiger partial charge on any atom is 0.313 e. The van der Waals surface area contributed by atoms with Crippen molar-refractivity contribution >= 4 is 34.2 Å². The van der Waals surface area contributed by atoms with Gasteiger partial charge < -0.3 is 15.3 Å². The third-order valence-corrected chi connectivity index (χ3v) is 4.76. The average Bonchev–Trinajstić information content (AvgIpc) is 2.93. The van der Waals surface area contributed by atoms with E-state index in [0.717, 1.165) is 24.8 Å². The molecule has 0 amide bonds. The minimum atomic E-state index is -0.835. The highest BCUT2D eigenvalue weighted by Gasteiger charge is 2.19. The van der Waals surface area contributed by atoms with Crippen LogP contribution in [-0.4, -0.2) is 58.6 Å². The van der Waals surface area contributed by atoms with Crippen molar-refractivity contribution in [2.75, 3.05) is 37.8 Å². The van der Waals surface area contributed by atoms with Crippen molar-refractivity contribution in [2.45, 2.75) is 10.8 Å². The maximum absolute atomic E-state index is 10.4. The van der Waals surface area contributed by atoms with E-state index in [1.54, 1.807) is 0 Å². The van der Waals surface area contributed by atoms with Crippen LogP contribution in [0.4, 0.5) is 5.13 Å². The summed E-state index contributed by atoms with van der Waals surface area (Å²) in [4.78, 5) is 12.7. The molecule has 18 heavy (non-hydrogen) atoms. The minimum Gasteiger partial charge on any atom is -0.481 e. The number of nitrogens with one attached hydrogen (secondary N) is 1. The molecule has 2 heterocycles. The van der Waals surface area contributed by atoms with Crippen molar-refractivity contribution in [1.82, 2.24) is 15.1 Å². The quantitative estimate of drug-likeness (QED) is 0.758. The van der Waals surface area contributed by atoms with Gasteiger partial charge in [0.2, 0.25) is 5.13 Å². The van der Waals surface area contributed by atoms with Crippen LogP contribution in [0.1, 0.15) is 6.42 Å². The second kappa shape index (κ2) is 6.35. The van der Waals surface area contributed by atoms with Gasteiger partial charge in [0.15, 0.2) is 4.34 Å². The minimum absolute atomic E-state index is 0.0298. The summed E-state index contributed by atoms with van der Waals surface area (Å²) in [6, 6.07) is 0. The number of carboxylic acids is 1. The summed E-state index contributed by atoms with van der Waals surface area (Å²) in [6.07, 6.45) is 1.21. The summed E-state index contributed by atoms with van der Waals surface area (Å²) < 4.78 is 0.698. The molecular weight excluding hydrogens is 272 g/mol. The first kappa shape index (κ1) is 13.6. The molecule has 0 bridgehead atoms. The Hall–Kier alpha value is -0.860. The van der Waals surface area contributed by atoms with Crippen LogP contribution in [0.25, 0.3) is 0 Å². The van der Waals surface area contributed by atoms with Crippen molar-refractivity contribution in [1.29, 1.82) is 0 Å². The number of hydrogen-bond acceptors (Lipinski definition) is 7. The van der Waals surface area contributed by atoms with Gasteiger partial charge in [0.1, 0.15) is 0 Å². The number of likely N-dealkylation sites (tertiary alicyclic amines) is 1. The van der Waals surface area contributed by atoms with Gasteiger partial charge in [0.25, 0.3) is 0 Å². The van der Waals surface area contributed by atoms with E-state index in [2.05, 4.69) is 27.5 Å². The highest BCUT2D eigenvalue weighted by atomic mass is 32.2. The topological polar surface area (TPSA) is 78.3 Å². The number of thioether (sulfide) groups is 1. The monoisotopic (exact) mass is 288 g/mol. The molecule has 2 rings (SSSR count). The molecular formula is C10H16N4O2S2. The van der Waals surface area contributed by atoms with E-state index >= 15 is 0 Å². The Morgan fingerprint density at radius 1 is 1.67 bits per heavy atom. The van der Waals surface area contributed by atoms with Gasteiger partial charge in [-0.1, -0.05) is 23.1 Å². The third kappa shape index (κ3) is 4.11. The zero-order chi connectivity index (χ0) is 13.0. The molecule has 2 N–H and O–H groups in total. The van der Waals surface area contributed by atoms with Gasteiger partial charge in [-0.15, -0.1) is 10.2 Å². The van der Waals surface area contributed by atoms with Gasteiger partial charge in [-0.05, 0) is 25.9 Å². The van der Waals surface area contributed by atoms with Crippen LogP contribution in [-0.2, 0) is 4.79 Å². The number of hydrogen-bond donors (Lipinski definition) is 2. The van der Waals surface area contributed by atoms with E-state index in [-0.39, 0.29) is 5.75 Å². The van der Waals surface area contributed by atoms with E-state index in [1.165, 1.54) is 29.5 Å². The molecule has 1 fully saturated rings. The number of carbonyl (C=O) groups is 1. The first-order valence-electron chi connectivity index (χ1n) is 5.74. The Kier molecular flexibility index (Phi) is 4.79. The fourth-order valence-electron chi connectivity index (χ4n) is 1.89. The SMILES string of the molecule is CN1CCC(CNc2nnc(SCC(=O)O)s2)C1. The first-order chi connectivity index (χ1) is 8.63. The average molecular weight is 288 g/mol. The van der Waals surface area contributed by atoms with Gasteiger partial charge in [0.05, 0.1) is 5.75 Å². The fourth-order valence-corrected chi connectivity index (χ4v) is 3.37. The molecule has 1 aliphatic rings. The standard InChI is InChI=1S/C10H16N4O2S2/c1-14-3-2-7(5-14)4-11-9-12-13-10(18-9)17-6-8(15)16/h7H,2-6H2,1H3,(H,11,12)(H,15,16). The van der Waals surface area contributed by atoms with Gasteiger partial charge in [0, 0.05) is 13.1 Å². The van der Waals surface area contributed by atoms with Gasteiger partial charge in [-0.2, -0.15) is 0 Å². The zero-order valence-corrected chi connectivity index (χ0v) is 11.8. The van der Waals surface area contributed by atoms with Gasteiger partial charge in [-0.3, -0.25) is 4.79 Å². The van der Waals surface area contributed by atoms with Crippen molar-refractivity contribution in [3.05, 3.63) is 0 Å². The second-order valence-corrected chi connectivity index (χ2v) is 6.55. The summed E-state index contributed by atoms with van der Waals surface area (Å²) >= 11 is 2.62. The van der Waals surface area contributed by atoms with Crippen molar-refractivity contribution in [3.63, 3.8) is 0 Å². The van der Waals surface area contributed by atoms with Gasteiger partial charge in [-0.25, -0.2) is 0 Å². The smallest absolute Gasteiger partial charge is 0.313 e. The molecule has 0 aromatic carbocycles. The molecule has 100 valence electrons. The lowest BCUT2D eigenvalue weighted by Gasteiger charge is -2.10. The summed E-state index contributed by atoms with van der Waals surface area (Å²) in [5, 5.41) is 20.6. The van der Waals surface area contributed by atoms with Crippen LogP contribution < -0.4 is 5.32 Å². The number of anilines is 1. The number of aromatic nitrogens is 2. The largest absolute Gasteiger partial charge is 0.481 e. The Bertz CT molecular complexity index is 412. The Morgan fingerprint density at radius 3 is 3.17 bits per heavy atom. The fraction of sp³-hybridized carbons (Fsp3) is 0.700. The zero-order valence-electron chi connectivity index (χ0n) is 10.1. The maximum atomic E-state index is 10.4. The summed E-state index contributed by atoms with van der Waals surface area (Å²) in [7, 11) is 2.13. The Balaban J connectivity index is 1.74. The van der Waals surface area contributed by atoms with E-state index in [0.29, 0.717) is 10.3 Å². The molecule has 0 radical (unpaired) electrons. The first-order valence-corrected chi connectivity index (χ1v) is 7.54. The summed E-state index contributed by atoms with van der Waals surface area (Å²) in [5.74, 6) is -0.144.